The third-order valence-electron chi connectivity index (χ3n) is 3.02. The van der Waals surface area contributed by atoms with Gasteiger partial charge in [-0.3, -0.25) is 0 Å². The largest absolute Gasteiger partial charge is 0.300 e. The van der Waals surface area contributed by atoms with Crippen LogP contribution in [0.5, 0.6) is 0 Å². The summed E-state index contributed by atoms with van der Waals surface area (Å²) in [5.41, 5.74) is 0. The molecule has 0 saturated heterocycles. The van der Waals surface area contributed by atoms with Crippen LogP contribution in [0.15, 0.2) is 0 Å². The summed E-state index contributed by atoms with van der Waals surface area (Å²) in [6.07, 6.45) is 24.3. The quantitative estimate of drug-likeness (QED) is 0.526. The van der Waals surface area contributed by atoms with E-state index in [1.54, 1.807) is 0 Å². The van der Waals surface area contributed by atoms with Crippen LogP contribution in [0.4, 0.5) is 0 Å². The lowest BCUT2D eigenvalue weighted by atomic mass is 10.3. The first kappa shape index (κ1) is 18.2. The molecule has 106 valence electrons. The molecule has 0 aromatic heterocycles. The molecule has 0 aliphatic rings. The molecule has 0 aliphatic heterocycles. The van der Waals surface area contributed by atoms with E-state index < -0.39 is 0 Å². The molecule has 0 radical (unpaired) electrons. The fourth-order valence-corrected chi connectivity index (χ4v) is 1.84. The fraction of sp³-hybridized carbons (Fsp3) is 0.556. The van der Waals surface area contributed by atoms with Crippen LogP contribution in [0, 0.1) is 49.4 Å². The van der Waals surface area contributed by atoms with Gasteiger partial charge in [0.1, 0.15) is 0 Å². The molecule has 0 bridgehead atoms. The molecule has 0 atom stereocenters. The molecule has 20 heavy (non-hydrogen) atoms. The molecule has 0 fully saturated rings. The minimum atomic E-state index is 0.749. The van der Waals surface area contributed by atoms with Gasteiger partial charge in [0.15, 0.2) is 0 Å². The van der Waals surface area contributed by atoms with Crippen LogP contribution >= 0.6 is 0 Å². The van der Waals surface area contributed by atoms with Gasteiger partial charge in [-0.15, -0.1) is 49.4 Å². The number of rotatable bonds is 11. The van der Waals surface area contributed by atoms with Crippen molar-refractivity contribution in [2.45, 2.75) is 25.7 Å². The zero-order valence-electron chi connectivity index (χ0n) is 12.3. The first-order chi connectivity index (χ1) is 9.78. The number of terminal acetylenes is 4. The van der Waals surface area contributed by atoms with Crippen molar-refractivity contribution in [1.29, 1.82) is 0 Å². The lowest BCUT2D eigenvalue weighted by molar-refractivity contribution is 0.213. The van der Waals surface area contributed by atoms with E-state index in [-0.39, 0.29) is 0 Å². The summed E-state index contributed by atoms with van der Waals surface area (Å²) in [5.74, 6) is 10.7. The molecule has 0 rings (SSSR count). The van der Waals surface area contributed by atoms with E-state index in [1.807, 2.05) is 0 Å². The zero-order chi connectivity index (χ0) is 15.1. The molecule has 0 N–H and O–H groups in total. The fourth-order valence-electron chi connectivity index (χ4n) is 1.84. The van der Waals surface area contributed by atoms with Crippen LogP contribution < -0.4 is 0 Å². The van der Waals surface area contributed by atoms with Crippen LogP contribution in [0.3, 0.4) is 0 Å². The van der Waals surface area contributed by atoms with Crippen LogP contribution in [-0.4, -0.2) is 49.1 Å². The zero-order valence-corrected chi connectivity index (χ0v) is 12.3. The van der Waals surface area contributed by atoms with E-state index in [0.717, 1.165) is 65.0 Å². The highest BCUT2D eigenvalue weighted by atomic mass is 15.2. The van der Waals surface area contributed by atoms with Crippen LogP contribution in [0.1, 0.15) is 25.7 Å². The SMILES string of the molecule is C#CCCN(CCC#C)CCN(CCC#C)CCC#C. The average molecular weight is 268 g/mol. The van der Waals surface area contributed by atoms with Crippen LogP contribution in [0.2, 0.25) is 0 Å². The van der Waals surface area contributed by atoms with Gasteiger partial charge < -0.3 is 9.80 Å². The summed E-state index contributed by atoms with van der Waals surface area (Å²) >= 11 is 0. The normalized spacial score (nSPS) is 9.70. The Balaban J connectivity index is 4.22. The van der Waals surface area contributed by atoms with Gasteiger partial charge in [0.2, 0.25) is 0 Å². The molecule has 0 spiro atoms. The number of hydrogen-bond acceptors (Lipinski definition) is 2. The third kappa shape index (κ3) is 10.1. The molecule has 0 aromatic rings. The van der Waals surface area contributed by atoms with Gasteiger partial charge in [-0.25, -0.2) is 0 Å². The molecule has 2 nitrogen and oxygen atoms in total. The predicted molar refractivity (Wildman–Crippen MR) is 86.7 cm³/mol. The van der Waals surface area contributed by atoms with Gasteiger partial charge in [0.05, 0.1) is 0 Å². The summed E-state index contributed by atoms with van der Waals surface area (Å²) in [7, 11) is 0. The molecule has 2 heteroatoms. The van der Waals surface area contributed by atoms with Gasteiger partial charge in [-0.2, -0.15) is 0 Å². The summed E-state index contributed by atoms with van der Waals surface area (Å²) in [4.78, 5) is 4.61. The second kappa shape index (κ2) is 13.6. The highest BCUT2D eigenvalue weighted by molar-refractivity contribution is 4.89. The maximum atomic E-state index is 5.32. The number of hydrogen-bond donors (Lipinski definition) is 0. The van der Waals surface area contributed by atoms with Crippen molar-refractivity contribution in [3.8, 4) is 49.4 Å². The Hall–Kier alpha value is -1.84. The Morgan fingerprint density at radius 3 is 0.900 bits per heavy atom. The molecule has 0 heterocycles. The topological polar surface area (TPSA) is 6.48 Å². The smallest absolute Gasteiger partial charge is 0.0214 e. The Morgan fingerprint density at radius 2 is 0.700 bits per heavy atom. The maximum absolute atomic E-state index is 5.32. The first-order valence-corrected chi connectivity index (χ1v) is 6.97. The lowest BCUT2D eigenvalue weighted by Crippen LogP contribution is -2.37. The van der Waals surface area contributed by atoms with Crippen molar-refractivity contribution >= 4 is 0 Å². The summed E-state index contributed by atoms with van der Waals surface area (Å²) in [6, 6.07) is 0. The van der Waals surface area contributed by atoms with Crippen molar-refractivity contribution in [1.82, 2.24) is 9.80 Å². The minimum Gasteiger partial charge on any atom is -0.300 e. The van der Waals surface area contributed by atoms with E-state index in [0.29, 0.717) is 0 Å². The van der Waals surface area contributed by atoms with Crippen molar-refractivity contribution in [2.75, 3.05) is 39.3 Å². The predicted octanol–water partition coefficient (Wildman–Crippen LogP) is 1.68. The van der Waals surface area contributed by atoms with Gasteiger partial charge in [0.25, 0.3) is 0 Å². The summed E-state index contributed by atoms with van der Waals surface area (Å²) in [6.45, 7) is 5.43. The molecule has 0 unspecified atom stereocenters. The molecular formula is C18H24N2. The standard InChI is InChI=1S/C18H24N2/c1-5-9-13-19(14-10-6-2)17-18-20(15-11-7-3)16-12-8-4/h1-4H,9-18H2. The highest BCUT2D eigenvalue weighted by Gasteiger charge is 2.08. The Bertz CT molecular complexity index is 321. The minimum absolute atomic E-state index is 0.749. The molecular weight excluding hydrogens is 244 g/mol. The monoisotopic (exact) mass is 268 g/mol. The van der Waals surface area contributed by atoms with E-state index in [9.17, 15) is 0 Å². The third-order valence-corrected chi connectivity index (χ3v) is 3.02. The van der Waals surface area contributed by atoms with Gasteiger partial charge in [-0.1, -0.05) is 0 Å². The lowest BCUT2D eigenvalue weighted by Gasteiger charge is -2.26. The second-order valence-electron chi connectivity index (χ2n) is 4.50. The van der Waals surface area contributed by atoms with Crippen LogP contribution in [0.25, 0.3) is 0 Å². The summed E-state index contributed by atoms with van der Waals surface area (Å²) in [5, 5.41) is 0. The summed E-state index contributed by atoms with van der Waals surface area (Å²) < 4.78 is 0. The Morgan fingerprint density at radius 1 is 0.450 bits per heavy atom. The van der Waals surface area contributed by atoms with E-state index in [1.165, 1.54) is 0 Å². The molecule has 0 aliphatic carbocycles. The Labute approximate surface area is 124 Å². The first-order valence-electron chi connectivity index (χ1n) is 6.97. The molecule has 0 amide bonds. The molecule has 0 saturated carbocycles. The van der Waals surface area contributed by atoms with Gasteiger partial charge in [-0.05, 0) is 0 Å². The van der Waals surface area contributed by atoms with E-state index in [4.69, 9.17) is 25.7 Å². The van der Waals surface area contributed by atoms with Crippen LogP contribution in [-0.2, 0) is 0 Å². The second-order valence-corrected chi connectivity index (χ2v) is 4.50. The highest BCUT2D eigenvalue weighted by Crippen LogP contribution is 1.98. The van der Waals surface area contributed by atoms with Crippen molar-refractivity contribution in [2.24, 2.45) is 0 Å². The molecule has 0 aromatic carbocycles. The van der Waals surface area contributed by atoms with Crippen molar-refractivity contribution in [3.05, 3.63) is 0 Å². The van der Waals surface area contributed by atoms with E-state index >= 15 is 0 Å². The Kier molecular flexibility index (Phi) is 12.3. The average Bonchev–Trinajstić information content (AvgIpc) is 2.48. The van der Waals surface area contributed by atoms with E-state index in [2.05, 4.69) is 33.5 Å². The van der Waals surface area contributed by atoms with Gasteiger partial charge >= 0.3 is 0 Å². The maximum Gasteiger partial charge on any atom is 0.0214 e. The van der Waals surface area contributed by atoms with Crippen molar-refractivity contribution < 1.29 is 0 Å². The van der Waals surface area contributed by atoms with Crippen molar-refractivity contribution in [3.63, 3.8) is 0 Å². The number of nitrogens with zero attached hydrogens (tertiary/aromatic N) is 2. The van der Waals surface area contributed by atoms with Gasteiger partial charge in [0, 0.05) is 65.0 Å².